The second kappa shape index (κ2) is 7.17. The first-order chi connectivity index (χ1) is 10.8. The predicted molar refractivity (Wildman–Crippen MR) is 78.3 cm³/mol. The number of carboxylic acids is 1. The number of hydrogen-bond donors (Lipinski definition) is 1. The van der Waals surface area contributed by atoms with Crippen molar-refractivity contribution in [2.75, 3.05) is 0 Å². The lowest BCUT2D eigenvalue weighted by Gasteiger charge is -2.21. The van der Waals surface area contributed by atoms with Crippen molar-refractivity contribution < 1.29 is 27.8 Å². The van der Waals surface area contributed by atoms with Crippen molar-refractivity contribution in [1.82, 2.24) is 0 Å². The zero-order chi connectivity index (χ0) is 16.9. The summed E-state index contributed by atoms with van der Waals surface area (Å²) in [5.74, 6) is -0.713. The molecule has 0 heterocycles. The lowest BCUT2D eigenvalue weighted by Crippen LogP contribution is -2.18. The number of carbonyl (C=O) groups is 1. The number of aliphatic carboxylic acids is 1. The van der Waals surface area contributed by atoms with E-state index in [4.69, 9.17) is 9.84 Å². The van der Waals surface area contributed by atoms with Gasteiger partial charge >= 0.3 is 12.1 Å². The molecule has 0 aliphatic rings. The van der Waals surface area contributed by atoms with Crippen LogP contribution >= 0.6 is 0 Å². The zero-order valence-electron chi connectivity index (χ0n) is 12.1. The lowest BCUT2D eigenvalue weighted by atomic mass is 10.1. The van der Waals surface area contributed by atoms with Crippen LogP contribution in [0.25, 0.3) is 0 Å². The van der Waals surface area contributed by atoms with Gasteiger partial charge in [-0.3, -0.25) is 4.79 Å². The van der Waals surface area contributed by atoms with E-state index in [0.29, 0.717) is 11.1 Å². The lowest BCUT2D eigenvalue weighted by molar-refractivity contribution is -0.151. The van der Waals surface area contributed by atoms with E-state index < -0.39 is 24.7 Å². The first kappa shape index (κ1) is 16.9. The van der Waals surface area contributed by atoms with Crippen molar-refractivity contribution in [3.05, 3.63) is 65.7 Å². The van der Waals surface area contributed by atoms with Gasteiger partial charge in [-0.25, -0.2) is 0 Å². The third-order valence-electron chi connectivity index (χ3n) is 3.15. The van der Waals surface area contributed by atoms with E-state index >= 15 is 0 Å². The van der Waals surface area contributed by atoms with Crippen molar-refractivity contribution in [3.63, 3.8) is 0 Å². The van der Waals surface area contributed by atoms with Crippen LogP contribution in [0.5, 0.6) is 5.75 Å². The number of carboxylic acid groups (broad SMARTS) is 1. The van der Waals surface area contributed by atoms with Crippen LogP contribution < -0.4 is 4.74 Å². The molecule has 0 aliphatic heterocycles. The number of rotatable bonds is 6. The molecule has 2 aromatic carbocycles. The van der Waals surface area contributed by atoms with E-state index in [0.717, 1.165) is 0 Å². The molecule has 122 valence electrons. The third kappa shape index (κ3) is 5.65. The van der Waals surface area contributed by atoms with Crippen molar-refractivity contribution in [1.29, 1.82) is 0 Å². The highest BCUT2D eigenvalue weighted by molar-refractivity contribution is 5.70. The largest absolute Gasteiger partial charge is 0.485 e. The normalized spacial score (nSPS) is 12.7. The maximum atomic E-state index is 12.8. The number of benzene rings is 2. The van der Waals surface area contributed by atoms with Crippen LogP contribution in [-0.4, -0.2) is 17.3 Å². The molecule has 0 amide bonds. The second-order valence-electron chi connectivity index (χ2n) is 5.05. The van der Waals surface area contributed by atoms with Gasteiger partial charge in [-0.15, -0.1) is 0 Å². The van der Waals surface area contributed by atoms with Gasteiger partial charge in [0.25, 0.3) is 0 Å². The van der Waals surface area contributed by atoms with Gasteiger partial charge in [0.1, 0.15) is 11.9 Å². The average Bonchev–Trinajstić information content (AvgIpc) is 2.47. The highest BCUT2D eigenvalue weighted by Crippen LogP contribution is 2.33. The molecule has 1 atom stereocenters. The minimum absolute atomic E-state index is 0.148. The predicted octanol–water partition coefficient (Wildman–Crippen LogP) is 4.39. The van der Waals surface area contributed by atoms with Gasteiger partial charge in [0.05, 0.1) is 12.8 Å². The van der Waals surface area contributed by atoms with Gasteiger partial charge in [0, 0.05) is 0 Å². The number of ether oxygens (including phenoxy) is 1. The monoisotopic (exact) mass is 324 g/mol. The van der Waals surface area contributed by atoms with E-state index in [-0.39, 0.29) is 12.2 Å². The summed E-state index contributed by atoms with van der Waals surface area (Å²) in [6.45, 7) is 0. The van der Waals surface area contributed by atoms with Crippen LogP contribution in [0.15, 0.2) is 54.6 Å². The molecule has 0 bridgehead atoms. The Balaban J connectivity index is 2.15. The van der Waals surface area contributed by atoms with E-state index in [1.807, 2.05) is 0 Å². The molecule has 0 spiro atoms. The van der Waals surface area contributed by atoms with Crippen LogP contribution in [-0.2, 0) is 11.2 Å². The Morgan fingerprint density at radius 2 is 1.65 bits per heavy atom. The molecule has 1 N–H and O–H groups in total. The maximum Gasteiger partial charge on any atom is 0.392 e. The van der Waals surface area contributed by atoms with Crippen LogP contribution in [0.1, 0.15) is 23.7 Å². The summed E-state index contributed by atoms with van der Waals surface area (Å²) in [7, 11) is 0. The van der Waals surface area contributed by atoms with Crippen molar-refractivity contribution in [2.24, 2.45) is 0 Å². The minimum atomic E-state index is -4.36. The molecule has 0 radical (unpaired) electrons. The average molecular weight is 324 g/mol. The number of halogens is 3. The first-order valence-corrected chi connectivity index (χ1v) is 6.92. The summed E-state index contributed by atoms with van der Waals surface area (Å²) in [5.41, 5.74) is 0.983. The highest BCUT2D eigenvalue weighted by atomic mass is 19.4. The van der Waals surface area contributed by atoms with Gasteiger partial charge in [0.2, 0.25) is 0 Å². The molecule has 3 nitrogen and oxygen atoms in total. The van der Waals surface area contributed by atoms with E-state index in [9.17, 15) is 18.0 Å². The van der Waals surface area contributed by atoms with E-state index in [1.165, 1.54) is 24.3 Å². The summed E-state index contributed by atoms with van der Waals surface area (Å²) in [6.07, 6.45) is -6.76. The van der Waals surface area contributed by atoms with Gasteiger partial charge in [-0.05, 0) is 23.3 Å². The Labute approximate surface area is 131 Å². The molecule has 0 saturated heterocycles. The van der Waals surface area contributed by atoms with Crippen molar-refractivity contribution in [3.8, 4) is 5.75 Å². The topological polar surface area (TPSA) is 46.5 Å². The zero-order valence-corrected chi connectivity index (χ0v) is 12.1. The number of alkyl halides is 3. The van der Waals surface area contributed by atoms with Crippen LogP contribution in [0.2, 0.25) is 0 Å². The highest BCUT2D eigenvalue weighted by Gasteiger charge is 2.33. The van der Waals surface area contributed by atoms with Gasteiger partial charge in [-0.2, -0.15) is 13.2 Å². The smallest absolute Gasteiger partial charge is 0.392 e. The summed E-state index contributed by atoms with van der Waals surface area (Å²) in [5, 5.41) is 8.70. The van der Waals surface area contributed by atoms with Crippen LogP contribution in [0, 0.1) is 0 Å². The first-order valence-electron chi connectivity index (χ1n) is 6.92. The van der Waals surface area contributed by atoms with Crippen LogP contribution in [0.4, 0.5) is 13.2 Å². The fraction of sp³-hybridized carbons (Fsp3) is 0.235. The van der Waals surface area contributed by atoms with Gasteiger partial charge in [-0.1, -0.05) is 42.5 Å². The Kier molecular flexibility index (Phi) is 5.26. The molecular formula is C17H15F3O3. The molecule has 0 fully saturated rings. The van der Waals surface area contributed by atoms with E-state index in [2.05, 4.69) is 0 Å². The summed E-state index contributed by atoms with van der Waals surface area (Å²) in [4.78, 5) is 10.6. The van der Waals surface area contributed by atoms with Crippen molar-refractivity contribution in [2.45, 2.75) is 25.1 Å². The third-order valence-corrected chi connectivity index (χ3v) is 3.15. The minimum Gasteiger partial charge on any atom is -0.485 e. The fourth-order valence-corrected chi connectivity index (χ4v) is 2.13. The number of hydrogen-bond acceptors (Lipinski definition) is 2. The second-order valence-corrected chi connectivity index (χ2v) is 5.05. The molecule has 0 saturated carbocycles. The molecule has 2 aromatic rings. The Morgan fingerprint density at radius 1 is 1.04 bits per heavy atom. The fourth-order valence-electron chi connectivity index (χ4n) is 2.13. The SMILES string of the molecule is O=C(O)Cc1ccc(OC(CC(F)(F)F)c2ccccc2)cc1. The molecular weight excluding hydrogens is 309 g/mol. The summed E-state index contributed by atoms with van der Waals surface area (Å²) < 4.78 is 43.7. The Bertz CT molecular complexity index is 636. The Morgan fingerprint density at radius 3 is 2.17 bits per heavy atom. The molecule has 2 rings (SSSR count). The van der Waals surface area contributed by atoms with E-state index in [1.54, 1.807) is 30.3 Å². The maximum absolute atomic E-state index is 12.8. The van der Waals surface area contributed by atoms with Crippen LogP contribution in [0.3, 0.4) is 0 Å². The molecule has 1 unspecified atom stereocenters. The quantitative estimate of drug-likeness (QED) is 0.857. The molecule has 0 aromatic heterocycles. The van der Waals surface area contributed by atoms with Gasteiger partial charge in [0.15, 0.2) is 0 Å². The molecule has 23 heavy (non-hydrogen) atoms. The molecule has 0 aliphatic carbocycles. The van der Waals surface area contributed by atoms with Crippen molar-refractivity contribution >= 4 is 5.97 Å². The standard InChI is InChI=1S/C17H15F3O3/c18-17(19,20)11-15(13-4-2-1-3-5-13)23-14-8-6-12(7-9-14)10-16(21)22/h1-9,15H,10-11H2,(H,21,22). The molecule has 6 heteroatoms. The summed E-state index contributed by atoms with van der Waals surface area (Å²) >= 11 is 0. The Hall–Kier alpha value is -2.50. The van der Waals surface area contributed by atoms with Gasteiger partial charge < -0.3 is 9.84 Å². The summed E-state index contributed by atoms with van der Waals surface area (Å²) in [6, 6.07) is 14.2.